The Morgan fingerprint density at radius 2 is 1.89 bits per heavy atom. The summed E-state index contributed by atoms with van der Waals surface area (Å²) in [6.07, 6.45) is -3.99. The van der Waals surface area contributed by atoms with Crippen LogP contribution >= 0.6 is 0 Å². The number of fused-ring (bicyclic) bond motifs is 1. The molecule has 0 aliphatic carbocycles. The van der Waals surface area contributed by atoms with Crippen LogP contribution in [0.15, 0.2) is 35.3 Å². The number of carbonyl (C=O) groups excluding carboxylic acids is 1. The summed E-state index contributed by atoms with van der Waals surface area (Å²) >= 11 is 0. The lowest BCUT2D eigenvalue weighted by Gasteiger charge is -2.07. The molecule has 0 saturated heterocycles. The van der Waals surface area contributed by atoms with Crippen molar-refractivity contribution in [2.75, 3.05) is 5.32 Å². The number of nitrogens with one attached hydrogen (secondary N) is 2. The van der Waals surface area contributed by atoms with Gasteiger partial charge in [-0.05, 0) is 12.1 Å². The maximum Gasteiger partial charge on any atom is 0.471 e. The van der Waals surface area contributed by atoms with E-state index in [1.807, 2.05) is 0 Å². The van der Waals surface area contributed by atoms with Crippen molar-refractivity contribution in [3.05, 3.63) is 40.7 Å². The molecule has 0 spiro atoms. The third kappa shape index (κ3) is 2.20. The summed E-state index contributed by atoms with van der Waals surface area (Å²) in [5, 5.41) is 1.74. The topological polar surface area (TPSA) is 62.0 Å². The van der Waals surface area contributed by atoms with E-state index in [9.17, 15) is 22.8 Å². The first-order valence-electron chi connectivity index (χ1n) is 4.88. The number of rotatable bonds is 1. The van der Waals surface area contributed by atoms with Crippen molar-refractivity contribution in [1.29, 1.82) is 0 Å². The van der Waals surface area contributed by atoms with Crippen LogP contribution in [-0.2, 0) is 4.79 Å². The van der Waals surface area contributed by atoms with E-state index in [4.69, 9.17) is 0 Å². The second-order valence-electron chi connectivity index (χ2n) is 3.53. The molecule has 0 aliphatic heterocycles. The highest BCUT2D eigenvalue weighted by Gasteiger charge is 2.39. The van der Waals surface area contributed by atoms with E-state index in [-0.39, 0.29) is 5.39 Å². The molecule has 1 aromatic carbocycles. The van der Waals surface area contributed by atoms with Gasteiger partial charge in [-0.3, -0.25) is 9.59 Å². The third-order valence-corrected chi connectivity index (χ3v) is 2.29. The molecule has 0 radical (unpaired) electrons. The highest BCUT2D eigenvalue weighted by atomic mass is 19.4. The molecule has 1 aromatic heterocycles. The van der Waals surface area contributed by atoms with E-state index in [1.54, 1.807) is 18.2 Å². The second kappa shape index (κ2) is 4.17. The van der Waals surface area contributed by atoms with Crippen molar-refractivity contribution in [3.8, 4) is 0 Å². The molecule has 7 heteroatoms. The molecule has 0 bridgehead atoms. The van der Waals surface area contributed by atoms with E-state index < -0.39 is 23.2 Å². The van der Waals surface area contributed by atoms with Gasteiger partial charge in [0.25, 0.3) is 0 Å². The molecule has 0 unspecified atom stereocenters. The number of amides is 1. The van der Waals surface area contributed by atoms with Crippen LogP contribution in [0.5, 0.6) is 0 Å². The van der Waals surface area contributed by atoms with Gasteiger partial charge in [-0.1, -0.05) is 12.1 Å². The Morgan fingerprint density at radius 3 is 2.56 bits per heavy atom. The second-order valence-corrected chi connectivity index (χ2v) is 3.53. The molecule has 2 aromatic rings. The van der Waals surface area contributed by atoms with E-state index >= 15 is 0 Å². The first-order valence-corrected chi connectivity index (χ1v) is 4.88. The van der Waals surface area contributed by atoms with E-state index in [1.165, 1.54) is 11.4 Å². The van der Waals surface area contributed by atoms with Gasteiger partial charge in [0.05, 0.1) is 0 Å². The fourth-order valence-corrected chi connectivity index (χ4v) is 1.45. The minimum Gasteiger partial charge on any atom is -0.359 e. The molecule has 0 saturated carbocycles. The van der Waals surface area contributed by atoms with Gasteiger partial charge in [-0.25, -0.2) is 0 Å². The predicted molar refractivity (Wildman–Crippen MR) is 59.3 cm³/mol. The summed E-state index contributed by atoms with van der Waals surface area (Å²) in [4.78, 5) is 25.2. The Balaban J connectivity index is 2.45. The standard InChI is InChI=1S/C11H7F3N2O2/c12-11(13,14)10(18)16-8-5-15-7-4-2-1-3-6(7)9(8)17/h1-5H,(H,15,17)(H,16,18). The number of aromatic nitrogens is 1. The third-order valence-electron chi connectivity index (χ3n) is 2.29. The summed E-state index contributed by atoms with van der Waals surface area (Å²) < 4.78 is 36.2. The molecule has 0 aliphatic rings. The minimum absolute atomic E-state index is 0.206. The quantitative estimate of drug-likeness (QED) is 0.820. The molecule has 2 rings (SSSR count). The number of hydrogen-bond donors (Lipinski definition) is 2. The molecule has 2 N–H and O–H groups in total. The van der Waals surface area contributed by atoms with Crippen LogP contribution in [0.4, 0.5) is 18.9 Å². The van der Waals surface area contributed by atoms with Gasteiger partial charge in [0.2, 0.25) is 5.43 Å². The Morgan fingerprint density at radius 1 is 1.22 bits per heavy atom. The number of H-pyrrole nitrogens is 1. The van der Waals surface area contributed by atoms with Crippen LogP contribution in [0.1, 0.15) is 0 Å². The molecular formula is C11H7F3N2O2. The first kappa shape index (κ1) is 12.2. The number of benzene rings is 1. The molecule has 4 nitrogen and oxygen atoms in total. The van der Waals surface area contributed by atoms with Crippen LogP contribution in [0.25, 0.3) is 10.9 Å². The summed E-state index contributed by atoms with van der Waals surface area (Å²) in [6, 6.07) is 6.31. The molecule has 0 fully saturated rings. The zero-order valence-corrected chi connectivity index (χ0v) is 8.84. The summed E-state index contributed by atoms with van der Waals surface area (Å²) in [5.41, 5.74) is -0.620. The predicted octanol–water partition coefficient (Wildman–Crippen LogP) is 2.03. The van der Waals surface area contributed by atoms with E-state index in [2.05, 4.69) is 4.98 Å². The molecule has 18 heavy (non-hydrogen) atoms. The van der Waals surface area contributed by atoms with Gasteiger partial charge in [0.15, 0.2) is 0 Å². The number of aromatic amines is 1. The Hall–Kier alpha value is -2.31. The summed E-state index contributed by atoms with van der Waals surface area (Å²) in [5.74, 6) is -2.18. The average molecular weight is 256 g/mol. The van der Waals surface area contributed by atoms with Gasteiger partial charge in [-0.2, -0.15) is 13.2 Å². The highest BCUT2D eigenvalue weighted by Crippen LogP contribution is 2.17. The minimum atomic E-state index is -5.03. The van der Waals surface area contributed by atoms with Gasteiger partial charge < -0.3 is 10.3 Å². The summed E-state index contributed by atoms with van der Waals surface area (Å²) in [6.45, 7) is 0. The molecular weight excluding hydrogens is 249 g/mol. The highest BCUT2D eigenvalue weighted by molar-refractivity contribution is 5.96. The van der Waals surface area contributed by atoms with Gasteiger partial charge >= 0.3 is 12.1 Å². The van der Waals surface area contributed by atoms with Crippen molar-refractivity contribution in [1.82, 2.24) is 4.98 Å². The number of pyridine rings is 1. The largest absolute Gasteiger partial charge is 0.471 e. The van der Waals surface area contributed by atoms with Crippen LogP contribution in [0.2, 0.25) is 0 Å². The number of alkyl halides is 3. The monoisotopic (exact) mass is 256 g/mol. The summed E-state index contributed by atoms with van der Waals surface area (Å²) in [7, 11) is 0. The van der Waals surface area contributed by atoms with E-state index in [0.717, 1.165) is 6.20 Å². The van der Waals surface area contributed by atoms with Crippen molar-refractivity contribution < 1.29 is 18.0 Å². The van der Waals surface area contributed by atoms with Crippen molar-refractivity contribution in [2.24, 2.45) is 0 Å². The van der Waals surface area contributed by atoms with Crippen LogP contribution < -0.4 is 10.7 Å². The SMILES string of the molecule is O=C(Nc1c[nH]c2ccccc2c1=O)C(F)(F)F. The number of carbonyl (C=O) groups is 1. The number of para-hydroxylation sites is 1. The molecule has 94 valence electrons. The number of hydrogen-bond acceptors (Lipinski definition) is 2. The van der Waals surface area contributed by atoms with Crippen LogP contribution in [-0.4, -0.2) is 17.1 Å². The van der Waals surface area contributed by atoms with Gasteiger partial charge in [-0.15, -0.1) is 0 Å². The van der Waals surface area contributed by atoms with Crippen LogP contribution in [0.3, 0.4) is 0 Å². The zero-order valence-electron chi connectivity index (χ0n) is 8.84. The van der Waals surface area contributed by atoms with Crippen molar-refractivity contribution in [2.45, 2.75) is 6.18 Å². The van der Waals surface area contributed by atoms with Gasteiger partial charge in [0, 0.05) is 17.1 Å². The smallest absolute Gasteiger partial charge is 0.359 e. The zero-order chi connectivity index (χ0) is 13.3. The number of halogens is 3. The first-order chi connectivity index (χ1) is 8.39. The maximum atomic E-state index is 12.1. The fourth-order valence-electron chi connectivity index (χ4n) is 1.45. The Bertz CT molecular complexity index is 661. The number of anilines is 1. The molecule has 1 amide bonds. The molecule has 1 heterocycles. The lowest BCUT2D eigenvalue weighted by Crippen LogP contribution is -2.32. The average Bonchev–Trinajstić information content (AvgIpc) is 2.32. The Labute approximate surface area is 98.4 Å². The Kier molecular flexibility index (Phi) is 2.82. The normalized spacial score (nSPS) is 11.5. The van der Waals surface area contributed by atoms with Crippen molar-refractivity contribution >= 4 is 22.5 Å². The van der Waals surface area contributed by atoms with E-state index in [0.29, 0.717) is 5.52 Å². The fraction of sp³-hybridized carbons (Fsp3) is 0.0909. The molecule has 0 atom stereocenters. The van der Waals surface area contributed by atoms with Crippen LogP contribution in [0, 0.1) is 0 Å². The van der Waals surface area contributed by atoms with Crippen molar-refractivity contribution in [3.63, 3.8) is 0 Å². The lowest BCUT2D eigenvalue weighted by atomic mass is 10.2. The lowest BCUT2D eigenvalue weighted by molar-refractivity contribution is -0.167. The maximum absolute atomic E-state index is 12.1. The van der Waals surface area contributed by atoms with Gasteiger partial charge in [0.1, 0.15) is 5.69 Å².